The lowest BCUT2D eigenvalue weighted by molar-refractivity contribution is 0.195. The van der Waals surface area contributed by atoms with Crippen molar-refractivity contribution in [1.29, 1.82) is 0 Å². The molecule has 0 saturated carbocycles. The fraction of sp³-hybridized carbons (Fsp3) is 0.500. The molecule has 0 bridgehead atoms. The van der Waals surface area contributed by atoms with E-state index in [1.165, 1.54) is 31.5 Å². The third-order valence-corrected chi connectivity index (χ3v) is 3.26. The Hall–Kier alpha value is -1.02. The molecule has 0 aliphatic carbocycles. The van der Waals surface area contributed by atoms with Crippen molar-refractivity contribution < 1.29 is 4.74 Å². The number of ether oxygens (including phenoxy) is 1. The second kappa shape index (κ2) is 3.28. The van der Waals surface area contributed by atoms with E-state index in [-0.39, 0.29) is 0 Å². The van der Waals surface area contributed by atoms with Gasteiger partial charge in [0.05, 0.1) is 6.04 Å². The minimum Gasteiger partial charge on any atom is -0.491 e. The lowest BCUT2D eigenvalue weighted by atomic mass is 10.1. The smallest absolute Gasteiger partial charge is 0.124 e. The van der Waals surface area contributed by atoms with Gasteiger partial charge in [-0.05, 0) is 32.0 Å². The minimum absolute atomic E-state index is 0.522. The van der Waals surface area contributed by atoms with Crippen molar-refractivity contribution in [3.05, 3.63) is 29.8 Å². The van der Waals surface area contributed by atoms with Gasteiger partial charge in [0.15, 0.2) is 0 Å². The Bertz CT molecular complexity index is 331. The fourth-order valence-electron chi connectivity index (χ4n) is 2.50. The summed E-state index contributed by atoms with van der Waals surface area (Å²) >= 11 is 0. The van der Waals surface area contributed by atoms with Gasteiger partial charge >= 0.3 is 0 Å². The summed E-state index contributed by atoms with van der Waals surface area (Å²) in [6, 6.07) is 8.95. The maximum absolute atomic E-state index is 5.68. The number of hydrogen-bond acceptors (Lipinski definition) is 2. The molecular formula is C12H15NO. The van der Waals surface area contributed by atoms with E-state index in [4.69, 9.17) is 4.74 Å². The maximum atomic E-state index is 5.68. The number of rotatable bonds is 1. The van der Waals surface area contributed by atoms with E-state index in [1.54, 1.807) is 0 Å². The predicted molar refractivity (Wildman–Crippen MR) is 55.5 cm³/mol. The molecule has 3 rings (SSSR count). The Morgan fingerprint density at radius 2 is 1.93 bits per heavy atom. The lowest BCUT2D eigenvalue weighted by Gasteiger charge is -2.21. The average Bonchev–Trinajstić information content (AvgIpc) is 2.85. The van der Waals surface area contributed by atoms with Gasteiger partial charge in [0.1, 0.15) is 12.4 Å². The van der Waals surface area contributed by atoms with Crippen LogP contribution in [0.15, 0.2) is 24.3 Å². The average molecular weight is 189 g/mol. The van der Waals surface area contributed by atoms with Crippen LogP contribution in [0.5, 0.6) is 5.75 Å². The summed E-state index contributed by atoms with van der Waals surface area (Å²) < 4.78 is 5.68. The van der Waals surface area contributed by atoms with Crippen molar-refractivity contribution in [3.63, 3.8) is 0 Å². The Balaban J connectivity index is 1.89. The summed E-state index contributed by atoms with van der Waals surface area (Å²) in [6.07, 6.45) is 2.69. The highest BCUT2D eigenvalue weighted by Crippen LogP contribution is 2.36. The van der Waals surface area contributed by atoms with Crippen LogP contribution in [0.3, 0.4) is 0 Å². The number of fused-ring (bicyclic) bond motifs is 1. The van der Waals surface area contributed by atoms with Crippen molar-refractivity contribution in [2.45, 2.75) is 18.9 Å². The molecule has 2 heterocycles. The molecule has 2 heteroatoms. The topological polar surface area (TPSA) is 12.5 Å². The second-order valence-corrected chi connectivity index (χ2v) is 4.11. The summed E-state index contributed by atoms with van der Waals surface area (Å²) in [5.41, 5.74) is 1.38. The van der Waals surface area contributed by atoms with Gasteiger partial charge in [-0.3, -0.25) is 4.90 Å². The lowest BCUT2D eigenvalue weighted by Crippen LogP contribution is -2.26. The Labute approximate surface area is 84.5 Å². The quantitative estimate of drug-likeness (QED) is 0.671. The molecule has 1 saturated heterocycles. The largest absolute Gasteiger partial charge is 0.491 e. The number of para-hydroxylation sites is 1. The molecule has 2 aliphatic heterocycles. The first-order valence-electron chi connectivity index (χ1n) is 5.41. The first kappa shape index (κ1) is 8.30. The molecule has 2 nitrogen and oxygen atoms in total. The molecule has 1 aromatic rings. The molecule has 0 N–H and O–H groups in total. The number of nitrogens with zero attached hydrogens (tertiary/aromatic N) is 1. The fourth-order valence-corrected chi connectivity index (χ4v) is 2.50. The van der Waals surface area contributed by atoms with Gasteiger partial charge < -0.3 is 4.74 Å². The van der Waals surface area contributed by atoms with Crippen LogP contribution in [-0.4, -0.2) is 24.6 Å². The maximum Gasteiger partial charge on any atom is 0.124 e. The van der Waals surface area contributed by atoms with E-state index in [2.05, 4.69) is 23.1 Å². The van der Waals surface area contributed by atoms with Crippen LogP contribution < -0.4 is 4.74 Å². The molecule has 0 amide bonds. The van der Waals surface area contributed by atoms with Crippen molar-refractivity contribution in [2.24, 2.45) is 0 Å². The molecule has 1 aromatic carbocycles. The summed E-state index contributed by atoms with van der Waals surface area (Å²) in [4.78, 5) is 2.55. The van der Waals surface area contributed by atoms with Crippen LogP contribution in [0, 0.1) is 0 Å². The molecule has 0 unspecified atom stereocenters. The SMILES string of the molecule is c1ccc2c(c1)OC[C@@H]2N1CCCC1. The summed E-state index contributed by atoms with van der Waals surface area (Å²) in [6.45, 7) is 3.32. The third-order valence-electron chi connectivity index (χ3n) is 3.26. The summed E-state index contributed by atoms with van der Waals surface area (Å²) in [7, 11) is 0. The summed E-state index contributed by atoms with van der Waals surface area (Å²) in [5.74, 6) is 1.09. The highest BCUT2D eigenvalue weighted by atomic mass is 16.5. The van der Waals surface area contributed by atoms with Crippen molar-refractivity contribution in [2.75, 3.05) is 19.7 Å². The van der Waals surface area contributed by atoms with Gasteiger partial charge in [0.25, 0.3) is 0 Å². The van der Waals surface area contributed by atoms with Gasteiger partial charge in [-0.25, -0.2) is 0 Å². The highest BCUT2D eigenvalue weighted by molar-refractivity contribution is 5.39. The van der Waals surface area contributed by atoms with E-state index in [9.17, 15) is 0 Å². The predicted octanol–water partition coefficient (Wildman–Crippen LogP) is 2.22. The van der Waals surface area contributed by atoms with Crippen LogP contribution in [0.2, 0.25) is 0 Å². The summed E-state index contributed by atoms with van der Waals surface area (Å²) in [5, 5.41) is 0. The molecule has 74 valence electrons. The van der Waals surface area contributed by atoms with Crippen LogP contribution in [0.25, 0.3) is 0 Å². The Morgan fingerprint density at radius 1 is 1.14 bits per heavy atom. The normalized spacial score (nSPS) is 26.1. The third kappa shape index (κ3) is 1.22. The van der Waals surface area contributed by atoms with Gasteiger partial charge in [-0.1, -0.05) is 18.2 Å². The van der Waals surface area contributed by atoms with Gasteiger partial charge in [0.2, 0.25) is 0 Å². The molecular weight excluding hydrogens is 174 g/mol. The molecule has 0 radical (unpaired) electrons. The van der Waals surface area contributed by atoms with Crippen LogP contribution >= 0.6 is 0 Å². The van der Waals surface area contributed by atoms with Crippen molar-refractivity contribution >= 4 is 0 Å². The van der Waals surface area contributed by atoms with Gasteiger partial charge in [-0.2, -0.15) is 0 Å². The van der Waals surface area contributed by atoms with E-state index in [0.29, 0.717) is 6.04 Å². The second-order valence-electron chi connectivity index (χ2n) is 4.11. The Morgan fingerprint density at radius 3 is 2.79 bits per heavy atom. The van der Waals surface area contributed by atoms with E-state index >= 15 is 0 Å². The highest BCUT2D eigenvalue weighted by Gasteiger charge is 2.30. The van der Waals surface area contributed by atoms with E-state index in [1.807, 2.05) is 6.07 Å². The van der Waals surface area contributed by atoms with Gasteiger partial charge in [-0.15, -0.1) is 0 Å². The first-order chi connectivity index (χ1) is 6.95. The van der Waals surface area contributed by atoms with Crippen molar-refractivity contribution in [3.8, 4) is 5.75 Å². The minimum atomic E-state index is 0.522. The van der Waals surface area contributed by atoms with Crippen LogP contribution in [0.1, 0.15) is 24.4 Å². The zero-order valence-electron chi connectivity index (χ0n) is 8.28. The number of likely N-dealkylation sites (tertiary alicyclic amines) is 1. The van der Waals surface area contributed by atoms with Crippen molar-refractivity contribution in [1.82, 2.24) is 4.90 Å². The molecule has 0 spiro atoms. The number of hydrogen-bond donors (Lipinski definition) is 0. The van der Waals surface area contributed by atoms with Crippen LogP contribution in [0.4, 0.5) is 0 Å². The molecule has 2 aliphatic rings. The zero-order chi connectivity index (χ0) is 9.38. The van der Waals surface area contributed by atoms with Gasteiger partial charge in [0, 0.05) is 5.56 Å². The molecule has 14 heavy (non-hydrogen) atoms. The van der Waals surface area contributed by atoms with Crippen LogP contribution in [-0.2, 0) is 0 Å². The van der Waals surface area contributed by atoms with E-state index in [0.717, 1.165) is 12.4 Å². The zero-order valence-corrected chi connectivity index (χ0v) is 8.28. The standard InChI is InChI=1S/C12H15NO/c1-2-6-12-10(5-1)11(9-14-12)13-7-3-4-8-13/h1-2,5-6,11H,3-4,7-9H2/t11-/m0/s1. The first-order valence-corrected chi connectivity index (χ1v) is 5.41. The molecule has 1 atom stereocenters. The monoisotopic (exact) mass is 189 g/mol. The molecule has 0 aromatic heterocycles. The number of benzene rings is 1. The Kier molecular flexibility index (Phi) is 1.95. The molecule has 1 fully saturated rings. The van der Waals surface area contributed by atoms with E-state index < -0.39 is 0 Å².